The summed E-state index contributed by atoms with van der Waals surface area (Å²) in [5, 5.41) is 18.2. The Hall–Kier alpha value is -2.22. The summed E-state index contributed by atoms with van der Waals surface area (Å²) in [5.74, 6) is 0.841. The van der Waals surface area contributed by atoms with Gasteiger partial charge in [0.15, 0.2) is 0 Å². The molecule has 1 atom stereocenters. The molecule has 0 aromatic heterocycles. The van der Waals surface area contributed by atoms with Gasteiger partial charge in [-0.2, -0.15) is 5.26 Å². The lowest BCUT2D eigenvalue weighted by molar-refractivity contribution is -0.270. The van der Waals surface area contributed by atoms with Gasteiger partial charge in [0, 0.05) is 0 Å². The summed E-state index contributed by atoms with van der Waals surface area (Å²) in [6.45, 7) is 2.26. The van der Waals surface area contributed by atoms with Gasteiger partial charge in [0.05, 0.1) is 5.56 Å². The monoisotopic (exact) mass is 353 g/mol. The molecule has 3 nitrogen and oxygen atoms in total. The summed E-state index contributed by atoms with van der Waals surface area (Å²) in [5.41, 5.74) is 2.51. The number of rotatable bonds is 5. The first kappa shape index (κ1) is 18.6. The van der Waals surface area contributed by atoms with E-state index >= 15 is 0 Å². The first-order valence-corrected chi connectivity index (χ1v) is 9.25. The molecule has 2 aromatic rings. The number of nitrogens with zero attached hydrogens (tertiary/aromatic N) is 1. The van der Waals surface area contributed by atoms with Crippen LogP contribution in [-0.4, -0.2) is 5.26 Å². The van der Waals surface area contributed by atoms with E-state index in [2.05, 4.69) is 23.9 Å². The zero-order valence-corrected chi connectivity index (χ0v) is 15.0. The Kier molecular flexibility index (Phi) is 6.03. The van der Waals surface area contributed by atoms with Crippen molar-refractivity contribution in [3.63, 3.8) is 0 Å². The summed E-state index contributed by atoms with van der Waals surface area (Å²) in [4.78, 5) is 4.62. The second kappa shape index (κ2) is 8.44. The molecule has 0 spiro atoms. The molecule has 0 radical (unpaired) electrons. The summed E-state index contributed by atoms with van der Waals surface area (Å²) in [7, 11) is 0. The lowest BCUT2D eigenvalue weighted by Crippen LogP contribution is -2.12. The average Bonchev–Trinajstić information content (AvgIpc) is 2.69. The van der Waals surface area contributed by atoms with Crippen LogP contribution in [-0.2, 0) is 4.89 Å². The Balaban J connectivity index is 1.76. The molecular formula is C22H24FNO2. The summed E-state index contributed by atoms with van der Waals surface area (Å²) >= 11 is 0. The highest BCUT2D eigenvalue weighted by Crippen LogP contribution is 2.37. The maximum absolute atomic E-state index is 13.9. The van der Waals surface area contributed by atoms with Crippen molar-refractivity contribution in [3.8, 4) is 6.07 Å². The SMILES string of the molecule is CCC1CCC(c2ccc(C(OO)c3ccc(C#N)c(F)c3)cc2)CC1. The van der Waals surface area contributed by atoms with E-state index in [1.165, 1.54) is 49.8 Å². The molecule has 4 heteroatoms. The van der Waals surface area contributed by atoms with E-state index in [1.54, 1.807) is 12.1 Å². The van der Waals surface area contributed by atoms with Crippen LogP contribution in [0, 0.1) is 23.1 Å². The molecule has 2 aromatic carbocycles. The first-order valence-electron chi connectivity index (χ1n) is 9.25. The number of halogens is 1. The topological polar surface area (TPSA) is 53.2 Å². The van der Waals surface area contributed by atoms with Crippen molar-refractivity contribution in [3.05, 3.63) is 70.5 Å². The van der Waals surface area contributed by atoms with E-state index in [0.29, 0.717) is 11.5 Å². The normalized spacial score (nSPS) is 21.2. The van der Waals surface area contributed by atoms with Crippen molar-refractivity contribution < 1.29 is 14.5 Å². The molecule has 0 bridgehead atoms. The molecule has 0 aliphatic heterocycles. The maximum atomic E-state index is 13.9. The Morgan fingerprint density at radius 2 is 1.77 bits per heavy atom. The zero-order chi connectivity index (χ0) is 18.5. The van der Waals surface area contributed by atoms with Gasteiger partial charge in [-0.1, -0.05) is 43.7 Å². The van der Waals surface area contributed by atoms with Crippen molar-refractivity contribution >= 4 is 0 Å². The lowest BCUT2D eigenvalue weighted by Gasteiger charge is -2.28. The minimum atomic E-state index is -0.776. The van der Waals surface area contributed by atoms with Gasteiger partial charge in [0.1, 0.15) is 18.0 Å². The summed E-state index contributed by atoms with van der Waals surface area (Å²) < 4.78 is 13.9. The Bertz CT molecular complexity index is 774. The van der Waals surface area contributed by atoms with Gasteiger partial charge < -0.3 is 0 Å². The Labute approximate surface area is 154 Å². The molecule has 1 unspecified atom stereocenters. The van der Waals surface area contributed by atoms with E-state index < -0.39 is 11.9 Å². The van der Waals surface area contributed by atoms with Crippen LogP contribution < -0.4 is 0 Å². The Morgan fingerprint density at radius 1 is 1.12 bits per heavy atom. The van der Waals surface area contributed by atoms with Gasteiger partial charge in [-0.3, -0.25) is 5.26 Å². The molecule has 1 aliphatic rings. The van der Waals surface area contributed by atoms with Gasteiger partial charge in [-0.05, 0) is 66.3 Å². The molecule has 136 valence electrons. The van der Waals surface area contributed by atoms with Crippen LogP contribution in [0.4, 0.5) is 4.39 Å². The van der Waals surface area contributed by atoms with Crippen molar-refractivity contribution in [1.29, 1.82) is 5.26 Å². The van der Waals surface area contributed by atoms with Gasteiger partial charge in [0.2, 0.25) is 0 Å². The smallest absolute Gasteiger partial charge is 0.143 e. The van der Waals surface area contributed by atoms with Crippen LogP contribution in [0.5, 0.6) is 0 Å². The van der Waals surface area contributed by atoms with Gasteiger partial charge in [0.25, 0.3) is 0 Å². The van der Waals surface area contributed by atoms with Crippen molar-refractivity contribution in [2.45, 2.75) is 51.0 Å². The van der Waals surface area contributed by atoms with Crippen molar-refractivity contribution in [2.24, 2.45) is 5.92 Å². The minimum absolute atomic E-state index is 0.0246. The molecule has 3 rings (SSSR count). The summed E-state index contributed by atoms with van der Waals surface area (Å²) in [6.07, 6.45) is 5.51. The predicted octanol–water partition coefficient (Wildman–Crippen LogP) is 5.96. The molecular weight excluding hydrogens is 329 g/mol. The van der Waals surface area contributed by atoms with E-state index in [0.717, 1.165) is 11.5 Å². The number of hydrogen-bond acceptors (Lipinski definition) is 3. The van der Waals surface area contributed by atoms with Crippen LogP contribution in [0.1, 0.15) is 73.3 Å². The fourth-order valence-electron chi connectivity index (χ4n) is 3.95. The highest BCUT2D eigenvalue weighted by Gasteiger charge is 2.22. The average molecular weight is 353 g/mol. The van der Waals surface area contributed by atoms with E-state index in [1.807, 2.05) is 12.1 Å². The van der Waals surface area contributed by atoms with Crippen LogP contribution in [0.3, 0.4) is 0 Å². The van der Waals surface area contributed by atoms with Crippen LogP contribution in [0.2, 0.25) is 0 Å². The van der Waals surface area contributed by atoms with E-state index in [4.69, 9.17) is 5.26 Å². The lowest BCUT2D eigenvalue weighted by atomic mass is 9.77. The molecule has 0 heterocycles. The third kappa shape index (κ3) is 3.95. The standard InChI is InChI=1S/C22H24FNO2/c1-2-15-3-5-16(6-4-15)17-7-9-18(10-8-17)22(26-25)19-11-12-20(14-24)21(23)13-19/h7-13,15-16,22,25H,2-6H2,1H3. The maximum Gasteiger partial charge on any atom is 0.143 e. The molecule has 1 aliphatic carbocycles. The summed E-state index contributed by atoms with van der Waals surface area (Å²) in [6, 6.07) is 14.0. The second-order valence-corrected chi connectivity index (χ2v) is 7.13. The molecule has 0 saturated heterocycles. The molecule has 1 N–H and O–H groups in total. The highest BCUT2D eigenvalue weighted by atomic mass is 19.1. The van der Waals surface area contributed by atoms with E-state index in [-0.39, 0.29) is 5.56 Å². The van der Waals surface area contributed by atoms with Crippen LogP contribution in [0.15, 0.2) is 42.5 Å². The van der Waals surface area contributed by atoms with Gasteiger partial charge in [-0.15, -0.1) is 0 Å². The van der Waals surface area contributed by atoms with Crippen molar-refractivity contribution in [2.75, 3.05) is 0 Å². The largest absolute Gasteiger partial charge is 0.251 e. The molecule has 26 heavy (non-hydrogen) atoms. The van der Waals surface area contributed by atoms with E-state index in [9.17, 15) is 9.65 Å². The van der Waals surface area contributed by atoms with Crippen LogP contribution >= 0.6 is 0 Å². The fraction of sp³-hybridized carbons (Fsp3) is 0.409. The molecule has 1 saturated carbocycles. The minimum Gasteiger partial charge on any atom is -0.251 e. The first-order chi connectivity index (χ1) is 12.7. The quantitative estimate of drug-likeness (QED) is 0.533. The fourth-order valence-corrected chi connectivity index (χ4v) is 3.95. The molecule has 1 fully saturated rings. The highest BCUT2D eigenvalue weighted by molar-refractivity contribution is 5.38. The van der Waals surface area contributed by atoms with Crippen LogP contribution in [0.25, 0.3) is 0 Å². The second-order valence-electron chi connectivity index (χ2n) is 7.13. The molecule has 0 amide bonds. The third-order valence-corrected chi connectivity index (χ3v) is 5.66. The predicted molar refractivity (Wildman–Crippen MR) is 98.1 cm³/mol. The zero-order valence-electron chi connectivity index (χ0n) is 15.0. The van der Waals surface area contributed by atoms with Crippen molar-refractivity contribution in [1.82, 2.24) is 0 Å². The number of hydrogen-bond donors (Lipinski definition) is 1. The van der Waals surface area contributed by atoms with Gasteiger partial charge >= 0.3 is 0 Å². The Morgan fingerprint density at radius 3 is 2.31 bits per heavy atom. The number of nitriles is 1. The van der Waals surface area contributed by atoms with Gasteiger partial charge in [-0.25, -0.2) is 9.28 Å². The third-order valence-electron chi connectivity index (χ3n) is 5.66. The number of benzene rings is 2.